The van der Waals surface area contributed by atoms with E-state index in [4.69, 9.17) is 0 Å². The molecule has 0 atom stereocenters. The van der Waals surface area contributed by atoms with Gasteiger partial charge >= 0.3 is 0 Å². The van der Waals surface area contributed by atoms with Crippen LogP contribution >= 0.6 is 0 Å². The summed E-state index contributed by atoms with van der Waals surface area (Å²) in [6, 6.07) is 21.9. The first-order chi connectivity index (χ1) is 18.7. The summed E-state index contributed by atoms with van der Waals surface area (Å²) in [6.45, 7) is 0. The molecular weight excluding hydrogens is 482 g/mol. The van der Waals surface area contributed by atoms with Crippen molar-refractivity contribution in [3.8, 4) is 45.1 Å². The van der Waals surface area contributed by atoms with Crippen LogP contribution in [0.25, 0.3) is 33.6 Å². The molecule has 0 unspecified atom stereocenters. The number of aromatic nitrogens is 7. The number of rotatable bonds is 6. The van der Waals surface area contributed by atoms with Crippen molar-refractivity contribution in [2.75, 3.05) is 10.6 Å². The Hall–Kier alpha value is -5.71. The Labute approximate surface area is 216 Å². The van der Waals surface area contributed by atoms with E-state index in [-0.39, 0.29) is 23.1 Å². The first-order valence-electron chi connectivity index (χ1n) is 11.5. The zero-order chi connectivity index (χ0) is 25.9. The molecule has 0 fully saturated rings. The smallest absolute Gasteiger partial charge is 0.196 e. The van der Waals surface area contributed by atoms with Crippen LogP contribution < -0.4 is 10.6 Å². The van der Waals surface area contributed by atoms with E-state index < -0.39 is 0 Å². The third kappa shape index (κ3) is 4.46. The van der Waals surface area contributed by atoms with Gasteiger partial charge in [-0.25, -0.2) is 9.97 Å². The number of nitrogens with zero attached hydrogens (tertiary/aromatic N) is 7. The molecule has 0 spiro atoms. The Kier molecular flexibility index (Phi) is 5.83. The SMILES string of the molecule is Oc1cc(-c2ccccc2)nnc1Nc1ncnc(Nc2nnc(-c3ccccc3)cc2O)c2cncc1-2. The van der Waals surface area contributed by atoms with Crippen molar-refractivity contribution >= 4 is 23.3 Å². The van der Waals surface area contributed by atoms with Gasteiger partial charge < -0.3 is 20.8 Å². The molecule has 11 nitrogen and oxygen atoms in total. The molecule has 0 radical (unpaired) electrons. The van der Waals surface area contributed by atoms with Crippen LogP contribution in [0.3, 0.4) is 0 Å². The fourth-order valence-corrected chi connectivity index (χ4v) is 3.85. The number of benzene rings is 2. The number of aromatic hydroxyl groups is 2. The molecule has 4 heterocycles. The third-order valence-corrected chi connectivity index (χ3v) is 5.74. The van der Waals surface area contributed by atoms with Gasteiger partial charge in [0.2, 0.25) is 0 Å². The molecule has 2 aliphatic heterocycles. The fourth-order valence-electron chi connectivity index (χ4n) is 3.85. The minimum Gasteiger partial charge on any atom is -0.504 e. The normalized spacial score (nSPS) is 10.8. The summed E-state index contributed by atoms with van der Waals surface area (Å²) in [4.78, 5) is 12.9. The molecule has 0 amide bonds. The zero-order valence-corrected chi connectivity index (χ0v) is 19.7. The van der Waals surface area contributed by atoms with Crippen molar-refractivity contribution in [2.45, 2.75) is 0 Å². The molecule has 2 aromatic heterocycles. The molecule has 184 valence electrons. The number of nitrogens with one attached hydrogen (secondary N) is 2. The highest BCUT2D eigenvalue weighted by atomic mass is 16.3. The molecule has 0 saturated carbocycles. The predicted octanol–water partition coefficient (Wildman–Crippen LogP) is 4.79. The molecule has 38 heavy (non-hydrogen) atoms. The number of anilines is 4. The Balaban J connectivity index is 1.27. The lowest BCUT2D eigenvalue weighted by Crippen LogP contribution is -2.00. The van der Waals surface area contributed by atoms with Crippen LogP contribution in [0.15, 0.2) is 91.5 Å². The predicted molar refractivity (Wildman–Crippen MR) is 141 cm³/mol. The summed E-state index contributed by atoms with van der Waals surface area (Å²) in [6.07, 6.45) is 4.53. The molecule has 0 aliphatic carbocycles. The fraction of sp³-hybridized carbons (Fsp3) is 0. The van der Waals surface area contributed by atoms with Gasteiger partial charge in [0.05, 0.1) is 11.4 Å². The molecule has 6 rings (SSSR count). The summed E-state index contributed by atoms with van der Waals surface area (Å²) in [5.41, 5.74) is 3.91. The van der Waals surface area contributed by atoms with Gasteiger partial charge in [-0.15, -0.1) is 20.4 Å². The van der Waals surface area contributed by atoms with Crippen molar-refractivity contribution in [2.24, 2.45) is 0 Å². The van der Waals surface area contributed by atoms with Crippen molar-refractivity contribution in [3.05, 3.63) is 91.5 Å². The van der Waals surface area contributed by atoms with E-state index in [1.807, 2.05) is 60.7 Å². The van der Waals surface area contributed by atoms with Crippen molar-refractivity contribution in [3.63, 3.8) is 0 Å². The van der Waals surface area contributed by atoms with E-state index in [1.165, 1.54) is 18.5 Å². The molecule has 0 bridgehead atoms. The maximum Gasteiger partial charge on any atom is 0.196 e. The minimum atomic E-state index is -0.0927. The summed E-state index contributed by atoms with van der Waals surface area (Å²) >= 11 is 0. The van der Waals surface area contributed by atoms with E-state index in [9.17, 15) is 10.2 Å². The summed E-state index contributed by atoms with van der Waals surface area (Å²) < 4.78 is 0. The van der Waals surface area contributed by atoms with Gasteiger partial charge in [0.15, 0.2) is 23.1 Å². The van der Waals surface area contributed by atoms with E-state index in [0.717, 1.165) is 11.1 Å². The van der Waals surface area contributed by atoms with Gasteiger partial charge in [-0.05, 0) is 0 Å². The third-order valence-electron chi connectivity index (χ3n) is 5.74. The second-order valence-electron chi connectivity index (χ2n) is 8.21. The van der Waals surface area contributed by atoms with Crippen LogP contribution in [0, 0.1) is 0 Å². The Morgan fingerprint density at radius 1 is 0.526 bits per heavy atom. The van der Waals surface area contributed by atoms with Gasteiger partial charge in [0.25, 0.3) is 0 Å². The standard InChI is InChI=1S/C27H19N9O2/c37-22-11-20(16-7-3-1-4-8-16)33-35-26(22)31-24-18-13-28-14-19(18)25(30-15-29-24)32-27-23(38)12-21(34-36-27)17-9-5-2-6-10-17/h1-15H,(H,33,37)(H,34,38)(H2,29,30,31,32,35,36). The number of hydrogen-bond donors (Lipinski definition) is 4. The molecule has 2 aliphatic rings. The Bertz CT molecular complexity index is 1580. The molecule has 11 heteroatoms. The largest absolute Gasteiger partial charge is 0.504 e. The van der Waals surface area contributed by atoms with Gasteiger partial charge in [-0.3, -0.25) is 4.98 Å². The average Bonchev–Trinajstić information content (AvgIpc) is 3.38. The van der Waals surface area contributed by atoms with Crippen LogP contribution in [0.4, 0.5) is 23.3 Å². The Morgan fingerprint density at radius 3 is 1.39 bits per heavy atom. The van der Waals surface area contributed by atoms with Crippen molar-refractivity contribution in [1.82, 2.24) is 35.3 Å². The van der Waals surface area contributed by atoms with Crippen molar-refractivity contribution < 1.29 is 10.2 Å². The van der Waals surface area contributed by atoms with Gasteiger partial charge in [0, 0.05) is 46.8 Å². The molecule has 0 saturated heterocycles. The molecule has 4 N–H and O–H groups in total. The summed E-state index contributed by atoms with van der Waals surface area (Å²) in [7, 11) is 0. The molecular formula is C27H19N9O2. The lowest BCUT2D eigenvalue weighted by atomic mass is 10.1. The van der Waals surface area contributed by atoms with Crippen LogP contribution in [-0.4, -0.2) is 45.6 Å². The monoisotopic (exact) mass is 501 g/mol. The van der Waals surface area contributed by atoms with E-state index >= 15 is 0 Å². The van der Waals surface area contributed by atoms with Crippen LogP contribution in [0.5, 0.6) is 11.5 Å². The second kappa shape index (κ2) is 9.74. The second-order valence-corrected chi connectivity index (χ2v) is 8.21. The first-order valence-corrected chi connectivity index (χ1v) is 11.5. The van der Waals surface area contributed by atoms with Crippen LogP contribution in [0.2, 0.25) is 0 Å². The number of fused-ring (bicyclic) bond motifs is 1. The van der Waals surface area contributed by atoms with E-state index in [1.54, 1.807) is 12.4 Å². The van der Waals surface area contributed by atoms with Crippen LogP contribution in [-0.2, 0) is 0 Å². The quantitative estimate of drug-likeness (QED) is 0.249. The highest BCUT2D eigenvalue weighted by Crippen LogP contribution is 2.37. The highest BCUT2D eigenvalue weighted by molar-refractivity contribution is 5.86. The zero-order valence-electron chi connectivity index (χ0n) is 19.7. The summed E-state index contributed by atoms with van der Waals surface area (Å²) in [5, 5.41) is 43.9. The van der Waals surface area contributed by atoms with E-state index in [2.05, 4.69) is 46.0 Å². The first kappa shape index (κ1) is 22.7. The lowest BCUT2D eigenvalue weighted by molar-refractivity contribution is 0.473. The number of hydrogen-bond acceptors (Lipinski definition) is 11. The van der Waals surface area contributed by atoms with Gasteiger partial charge in [0.1, 0.15) is 18.0 Å². The lowest BCUT2D eigenvalue weighted by Gasteiger charge is -2.10. The average molecular weight is 502 g/mol. The topological polar surface area (TPSA) is 155 Å². The molecule has 2 aromatic carbocycles. The van der Waals surface area contributed by atoms with Gasteiger partial charge in [-0.1, -0.05) is 60.7 Å². The maximum atomic E-state index is 10.6. The van der Waals surface area contributed by atoms with Crippen molar-refractivity contribution in [1.29, 1.82) is 0 Å². The van der Waals surface area contributed by atoms with Crippen LogP contribution in [0.1, 0.15) is 0 Å². The maximum absolute atomic E-state index is 10.6. The Morgan fingerprint density at radius 2 is 0.974 bits per heavy atom. The minimum absolute atomic E-state index is 0.0927. The highest BCUT2D eigenvalue weighted by Gasteiger charge is 2.19. The molecule has 4 aromatic rings. The van der Waals surface area contributed by atoms with Gasteiger partial charge in [-0.2, -0.15) is 0 Å². The summed E-state index contributed by atoms with van der Waals surface area (Å²) in [5.74, 6) is 0.769. The van der Waals surface area contributed by atoms with E-state index in [0.29, 0.717) is 34.2 Å².